The van der Waals surface area contributed by atoms with E-state index in [-0.39, 0.29) is 0 Å². The molecule has 11 aromatic carbocycles. The Bertz CT molecular complexity index is 3520. The van der Waals surface area contributed by atoms with Crippen molar-refractivity contribution in [1.82, 2.24) is 0 Å². The lowest BCUT2D eigenvalue weighted by Gasteiger charge is -2.38. The van der Waals surface area contributed by atoms with Crippen molar-refractivity contribution in [2.45, 2.75) is 10.8 Å². The van der Waals surface area contributed by atoms with Crippen LogP contribution in [0.1, 0.15) is 44.5 Å². The molecule has 1 unspecified atom stereocenters. The maximum absolute atomic E-state index is 2.58. The Labute approximate surface area is 410 Å². The Hall–Kier alpha value is -8.98. The molecule has 0 saturated heterocycles. The molecule has 2 aliphatic carbocycles. The summed E-state index contributed by atoms with van der Waals surface area (Å²) in [6.45, 7) is 0. The van der Waals surface area contributed by atoms with E-state index in [1.54, 1.807) is 0 Å². The Balaban J connectivity index is 1.19. The van der Waals surface area contributed by atoms with Crippen molar-refractivity contribution in [3.8, 4) is 22.3 Å². The van der Waals surface area contributed by atoms with Crippen LogP contribution in [0.2, 0.25) is 0 Å². The van der Waals surface area contributed by atoms with Gasteiger partial charge in [-0.05, 0) is 122 Å². The lowest BCUT2D eigenvalue weighted by Crippen LogP contribution is -2.31. The highest BCUT2D eigenvalue weighted by atomic mass is 15.2. The van der Waals surface area contributed by atoms with Gasteiger partial charge in [-0.1, -0.05) is 231 Å². The summed E-state index contributed by atoms with van der Waals surface area (Å²) >= 11 is 0. The number of nitrogens with zero attached hydrogens (tertiary/aromatic N) is 2. The van der Waals surface area contributed by atoms with Crippen molar-refractivity contribution in [2.75, 3.05) is 9.80 Å². The zero-order valence-corrected chi connectivity index (χ0v) is 38.6. The van der Waals surface area contributed by atoms with Crippen molar-refractivity contribution in [1.29, 1.82) is 0 Å². The summed E-state index contributed by atoms with van der Waals surface area (Å²) in [4.78, 5) is 4.88. The molecule has 2 aliphatic rings. The molecule has 0 radical (unpaired) electrons. The van der Waals surface area contributed by atoms with Gasteiger partial charge in [-0.3, -0.25) is 0 Å². The molecule has 330 valence electrons. The number of fused-ring (bicyclic) bond motifs is 6. The van der Waals surface area contributed by atoms with E-state index in [9.17, 15) is 0 Å². The summed E-state index contributed by atoms with van der Waals surface area (Å²) in [6, 6.07) is 108. The Morgan fingerprint density at radius 3 is 1.04 bits per heavy atom. The molecule has 0 spiro atoms. The van der Waals surface area contributed by atoms with Crippen molar-refractivity contribution in [2.24, 2.45) is 0 Å². The molecule has 0 heterocycles. The van der Waals surface area contributed by atoms with Gasteiger partial charge in [0.2, 0.25) is 0 Å². The van der Waals surface area contributed by atoms with Crippen molar-refractivity contribution >= 4 is 34.1 Å². The van der Waals surface area contributed by atoms with Gasteiger partial charge in [-0.25, -0.2) is 0 Å². The van der Waals surface area contributed by atoms with Crippen LogP contribution in [-0.4, -0.2) is 0 Å². The molecule has 1 atom stereocenters. The zero-order chi connectivity index (χ0) is 46.5. The Kier molecular flexibility index (Phi) is 9.99. The van der Waals surface area contributed by atoms with Crippen LogP contribution in [0, 0.1) is 0 Å². The van der Waals surface area contributed by atoms with E-state index in [4.69, 9.17) is 0 Å². The van der Waals surface area contributed by atoms with Gasteiger partial charge in [0, 0.05) is 34.0 Å². The summed E-state index contributed by atoms with van der Waals surface area (Å²) in [6.07, 6.45) is 0. The van der Waals surface area contributed by atoms with Crippen molar-refractivity contribution < 1.29 is 0 Å². The van der Waals surface area contributed by atoms with E-state index in [2.05, 4.69) is 301 Å². The molecule has 0 amide bonds. The molecule has 11 aromatic rings. The average Bonchev–Trinajstić information content (AvgIpc) is 3.91. The third kappa shape index (κ3) is 6.27. The van der Waals surface area contributed by atoms with Gasteiger partial charge < -0.3 is 9.80 Å². The molecule has 2 heteroatoms. The van der Waals surface area contributed by atoms with E-state index in [1.165, 1.54) is 66.8 Å². The first kappa shape index (κ1) is 41.2. The van der Waals surface area contributed by atoms with Crippen LogP contribution in [0.15, 0.2) is 291 Å². The molecular weight excluding hydrogens is 845 g/mol. The summed E-state index contributed by atoms with van der Waals surface area (Å²) in [5.41, 5.74) is 20.1. The smallest absolute Gasteiger partial charge is 0.0715 e. The second kappa shape index (κ2) is 17.0. The van der Waals surface area contributed by atoms with E-state index < -0.39 is 10.8 Å². The van der Waals surface area contributed by atoms with Gasteiger partial charge in [0.1, 0.15) is 0 Å². The number of benzene rings is 11. The average molecular weight is 893 g/mol. The fourth-order valence-corrected chi connectivity index (χ4v) is 12.0. The predicted molar refractivity (Wildman–Crippen MR) is 290 cm³/mol. The van der Waals surface area contributed by atoms with E-state index >= 15 is 0 Å². The van der Waals surface area contributed by atoms with Gasteiger partial charge in [0.25, 0.3) is 0 Å². The molecule has 13 rings (SSSR count). The van der Waals surface area contributed by atoms with Gasteiger partial charge >= 0.3 is 0 Å². The normalized spacial score (nSPS) is 14.7. The standard InChI is InChI=1S/C68H48N2/c1-8-26-49(27-9-1)67(50-28-10-2-11-29-50)61-42-24-22-40-58(61)59-45-44-52(46-63(59)67)68(51-30-12-3-13-31-51)62-43-25-23-41-60(62)66-64(68)47-57(69(53-32-14-4-15-33-53)54-34-16-5-17-35-54)48-65(66)70(55-36-18-6-19-37-55)56-38-20-7-21-39-56/h1-48H. The fraction of sp³-hybridized carbons (Fsp3) is 0.0294. The third-order valence-corrected chi connectivity index (χ3v) is 14.8. The second-order valence-corrected chi connectivity index (χ2v) is 18.4. The minimum absolute atomic E-state index is 0.578. The van der Waals surface area contributed by atoms with Crippen molar-refractivity contribution in [3.63, 3.8) is 0 Å². The highest BCUT2D eigenvalue weighted by molar-refractivity contribution is 6.00. The topological polar surface area (TPSA) is 6.48 Å². The molecule has 0 saturated carbocycles. The molecule has 0 fully saturated rings. The van der Waals surface area contributed by atoms with Gasteiger partial charge in [0.15, 0.2) is 0 Å². The zero-order valence-electron chi connectivity index (χ0n) is 38.6. The molecule has 0 N–H and O–H groups in total. The predicted octanol–water partition coefficient (Wildman–Crippen LogP) is 17.4. The quantitative estimate of drug-likeness (QED) is 0.135. The monoisotopic (exact) mass is 892 g/mol. The lowest BCUT2D eigenvalue weighted by atomic mass is 9.64. The summed E-state index contributed by atoms with van der Waals surface area (Å²) < 4.78 is 0. The highest BCUT2D eigenvalue weighted by Crippen LogP contribution is 2.63. The maximum atomic E-state index is 2.58. The van der Waals surface area contributed by atoms with Crippen molar-refractivity contribution in [3.05, 3.63) is 336 Å². The first-order chi connectivity index (χ1) is 34.8. The molecule has 0 bridgehead atoms. The molecule has 70 heavy (non-hydrogen) atoms. The van der Waals surface area contributed by atoms with Gasteiger partial charge in [-0.2, -0.15) is 0 Å². The van der Waals surface area contributed by atoms with Crippen LogP contribution in [0.5, 0.6) is 0 Å². The van der Waals surface area contributed by atoms with Crippen LogP contribution in [-0.2, 0) is 10.8 Å². The number of rotatable bonds is 10. The molecule has 2 nitrogen and oxygen atoms in total. The SMILES string of the molecule is c1ccc(N(c2ccccc2)c2cc(N(c3ccccc3)c3ccccc3)c3c(c2)C(c2ccccc2)(c2ccc4c(c2)C(c2ccccc2)(c2ccccc2)c2ccccc2-4)c2ccccc2-3)cc1. The fourth-order valence-electron chi connectivity index (χ4n) is 12.0. The van der Waals surface area contributed by atoms with E-state index in [0.29, 0.717) is 0 Å². The largest absolute Gasteiger partial charge is 0.310 e. The lowest BCUT2D eigenvalue weighted by molar-refractivity contribution is 0.742. The number of hydrogen-bond acceptors (Lipinski definition) is 2. The first-order valence-corrected chi connectivity index (χ1v) is 24.3. The van der Waals surface area contributed by atoms with Crippen LogP contribution in [0.4, 0.5) is 34.1 Å². The molecular formula is C68H48N2. The number of anilines is 6. The van der Waals surface area contributed by atoms with E-state index in [0.717, 1.165) is 34.1 Å². The molecule has 0 aromatic heterocycles. The minimum atomic E-state index is -0.765. The van der Waals surface area contributed by atoms with Crippen LogP contribution >= 0.6 is 0 Å². The first-order valence-electron chi connectivity index (χ1n) is 24.3. The number of hydrogen-bond donors (Lipinski definition) is 0. The summed E-state index contributed by atoms with van der Waals surface area (Å²) in [5, 5.41) is 0. The minimum Gasteiger partial charge on any atom is -0.310 e. The summed E-state index contributed by atoms with van der Waals surface area (Å²) in [7, 11) is 0. The third-order valence-electron chi connectivity index (χ3n) is 14.8. The van der Waals surface area contributed by atoms with Crippen LogP contribution in [0.25, 0.3) is 22.3 Å². The van der Waals surface area contributed by atoms with E-state index in [1.807, 2.05) is 0 Å². The maximum Gasteiger partial charge on any atom is 0.0715 e. The Morgan fingerprint density at radius 2 is 0.571 bits per heavy atom. The molecule has 0 aliphatic heterocycles. The summed E-state index contributed by atoms with van der Waals surface area (Å²) in [5.74, 6) is 0. The Morgan fingerprint density at radius 1 is 0.214 bits per heavy atom. The highest BCUT2D eigenvalue weighted by Gasteiger charge is 2.51. The second-order valence-electron chi connectivity index (χ2n) is 18.4. The van der Waals surface area contributed by atoms with Gasteiger partial charge in [0.05, 0.1) is 16.5 Å². The van der Waals surface area contributed by atoms with Gasteiger partial charge in [-0.15, -0.1) is 0 Å². The van der Waals surface area contributed by atoms with Crippen LogP contribution < -0.4 is 9.80 Å². The number of para-hydroxylation sites is 4. The van der Waals surface area contributed by atoms with Crippen LogP contribution in [0.3, 0.4) is 0 Å².